The number of hydrogen-bond donors (Lipinski definition) is 2. The van der Waals surface area contributed by atoms with Gasteiger partial charge in [-0.15, -0.1) is 0 Å². The molecule has 6 nitrogen and oxygen atoms in total. The Hall–Kier alpha value is -1.30. The Morgan fingerprint density at radius 1 is 1.12 bits per heavy atom. The number of carbonyl (C=O) groups excluding carboxylic acids is 1. The van der Waals surface area contributed by atoms with E-state index in [1.165, 1.54) is 19.3 Å². The molecular formula is C18H33N3O3. The molecule has 138 valence electrons. The summed E-state index contributed by atoms with van der Waals surface area (Å²) in [5.41, 5.74) is 0. The summed E-state index contributed by atoms with van der Waals surface area (Å²) in [6, 6.07) is 0.668. The highest BCUT2D eigenvalue weighted by Crippen LogP contribution is 2.27. The van der Waals surface area contributed by atoms with Crippen LogP contribution in [0.15, 0.2) is 0 Å². The van der Waals surface area contributed by atoms with Gasteiger partial charge in [0.15, 0.2) is 0 Å². The van der Waals surface area contributed by atoms with Crippen LogP contribution in [0, 0.1) is 5.92 Å². The van der Waals surface area contributed by atoms with Crippen LogP contribution in [0.5, 0.6) is 0 Å². The number of nitrogens with one attached hydrogen (secondary N) is 1. The summed E-state index contributed by atoms with van der Waals surface area (Å²) in [6.45, 7) is 6.47. The van der Waals surface area contributed by atoms with E-state index in [1.54, 1.807) is 0 Å². The topological polar surface area (TPSA) is 72.9 Å². The van der Waals surface area contributed by atoms with Crippen molar-refractivity contribution in [3.8, 4) is 0 Å². The van der Waals surface area contributed by atoms with Gasteiger partial charge in [0.05, 0.1) is 6.54 Å². The van der Waals surface area contributed by atoms with Crippen molar-refractivity contribution in [3.05, 3.63) is 0 Å². The number of amides is 2. The molecule has 1 heterocycles. The van der Waals surface area contributed by atoms with Crippen molar-refractivity contribution in [1.29, 1.82) is 0 Å². The van der Waals surface area contributed by atoms with Gasteiger partial charge < -0.3 is 15.3 Å². The number of rotatable bonds is 6. The normalized spacial score (nSPS) is 25.7. The van der Waals surface area contributed by atoms with Crippen LogP contribution in [0.25, 0.3) is 0 Å². The molecule has 0 aromatic carbocycles. The first kappa shape index (κ1) is 19.0. The average molecular weight is 339 g/mol. The van der Waals surface area contributed by atoms with Crippen LogP contribution in [0.1, 0.15) is 58.8 Å². The van der Waals surface area contributed by atoms with E-state index in [1.807, 2.05) is 16.7 Å². The van der Waals surface area contributed by atoms with Gasteiger partial charge in [0.1, 0.15) is 0 Å². The van der Waals surface area contributed by atoms with E-state index in [-0.39, 0.29) is 18.6 Å². The number of carboxylic acid groups (broad SMARTS) is 1. The minimum absolute atomic E-state index is 0.0695. The monoisotopic (exact) mass is 339 g/mol. The highest BCUT2D eigenvalue weighted by atomic mass is 16.4. The average Bonchev–Trinajstić information content (AvgIpc) is 2.60. The molecular weight excluding hydrogens is 306 g/mol. The minimum atomic E-state index is -0.778. The fourth-order valence-corrected chi connectivity index (χ4v) is 4.24. The second kappa shape index (κ2) is 9.25. The lowest BCUT2D eigenvalue weighted by Gasteiger charge is -2.39. The van der Waals surface area contributed by atoms with Gasteiger partial charge in [-0.3, -0.25) is 9.69 Å². The maximum atomic E-state index is 12.6. The Balaban J connectivity index is 1.80. The van der Waals surface area contributed by atoms with Gasteiger partial charge in [0.25, 0.3) is 0 Å². The van der Waals surface area contributed by atoms with Crippen LogP contribution < -0.4 is 5.32 Å². The number of likely N-dealkylation sites (N-methyl/N-ethyl adjacent to an activating group) is 1. The van der Waals surface area contributed by atoms with Crippen molar-refractivity contribution in [1.82, 2.24) is 15.1 Å². The second-order valence-electron chi connectivity index (χ2n) is 7.18. The Morgan fingerprint density at radius 3 is 2.38 bits per heavy atom. The number of likely N-dealkylation sites (tertiary alicyclic amines) is 1. The molecule has 1 saturated heterocycles. The van der Waals surface area contributed by atoms with Crippen molar-refractivity contribution in [3.63, 3.8) is 0 Å². The highest BCUT2D eigenvalue weighted by Gasteiger charge is 2.30. The van der Waals surface area contributed by atoms with Crippen molar-refractivity contribution in [2.45, 2.75) is 70.9 Å². The van der Waals surface area contributed by atoms with Gasteiger partial charge >= 0.3 is 12.0 Å². The fourth-order valence-electron chi connectivity index (χ4n) is 4.24. The van der Waals surface area contributed by atoms with Crippen LogP contribution >= 0.6 is 0 Å². The van der Waals surface area contributed by atoms with Crippen LogP contribution in [0.2, 0.25) is 0 Å². The Labute approximate surface area is 145 Å². The Bertz CT molecular complexity index is 422. The van der Waals surface area contributed by atoms with Crippen molar-refractivity contribution in [2.24, 2.45) is 5.92 Å². The molecule has 1 aliphatic heterocycles. The predicted octanol–water partition coefficient (Wildman–Crippen LogP) is 2.54. The molecule has 0 aromatic rings. The molecule has 0 spiro atoms. The molecule has 2 unspecified atom stereocenters. The molecule has 2 amide bonds. The highest BCUT2D eigenvalue weighted by molar-refractivity contribution is 5.74. The van der Waals surface area contributed by atoms with Crippen LogP contribution in [0.3, 0.4) is 0 Å². The van der Waals surface area contributed by atoms with Crippen LogP contribution in [-0.2, 0) is 4.79 Å². The summed E-state index contributed by atoms with van der Waals surface area (Å²) in [4.78, 5) is 27.4. The third-order valence-electron chi connectivity index (χ3n) is 5.75. The largest absolute Gasteiger partial charge is 0.480 e. The summed E-state index contributed by atoms with van der Waals surface area (Å²) < 4.78 is 0. The van der Waals surface area contributed by atoms with E-state index in [2.05, 4.69) is 12.2 Å². The number of carbonyl (C=O) groups is 2. The molecule has 6 heteroatoms. The zero-order chi connectivity index (χ0) is 17.5. The number of carboxylic acids is 1. The molecule has 2 fully saturated rings. The molecule has 0 aromatic heterocycles. The molecule has 2 atom stereocenters. The van der Waals surface area contributed by atoms with Gasteiger partial charge in [-0.25, -0.2) is 4.79 Å². The first-order chi connectivity index (χ1) is 11.5. The standard InChI is InChI=1S/C18H33N3O3/c1-3-14-7-5-6-8-16(14)19-18(24)21-11-9-15(10-12-21)20(4-2)13-17(22)23/h14-16H,3-13H2,1-2H3,(H,19,24)(H,22,23). The summed E-state index contributed by atoms with van der Waals surface area (Å²) >= 11 is 0. The molecule has 1 aliphatic carbocycles. The molecule has 1 saturated carbocycles. The lowest BCUT2D eigenvalue weighted by Crippen LogP contribution is -2.53. The third kappa shape index (κ3) is 5.10. The first-order valence-corrected chi connectivity index (χ1v) is 9.56. The molecule has 0 radical (unpaired) electrons. The first-order valence-electron chi connectivity index (χ1n) is 9.56. The smallest absolute Gasteiger partial charge is 0.317 e. The van der Waals surface area contributed by atoms with E-state index < -0.39 is 5.97 Å². The molecule has 2 aliphatic rings. The van der Waals surface area contributed by atoms with Crippen LogP contribution in [-0.4, -0.2) is 65.2 Å². The lowest BCUT2D eigenvalue weighted by atomic mass is 9.83. The summed E-state index contributed by atoms with van der Waals surface area (Å²) in [7, 11) is 0. The SMILES string of the molecule is CCC1CCCCC1NC(=O)N1CCC(N(CC)CC(=O)O)CC1. The third-order valence-corrected chi connectivity index (χ3v) is 5.75. The molecule has 24 heavy (non-hydrogen) atoms. The van der Waals surface area contributed by atoms with Gasteiger partial charge in [-0.2, -0.15) is 0 Å². The summed E-state index contributed by atoms with van der Waals surface area (Å²) in [6.07, 6.45) is 7.67. The number of urea groups is 1. The van der Waals surface area contributed by atoms with Crippen molar-refractivity contribution < 1.29 is 14.7 Å². The predicted molar refractivity (Wildman–Crippen MR) is 94.0 cm³/mol. The van der Waals surface area contributed by atoms with E-state index >= 15 is 0 Å². The second-order valence-corrected chi connectivity index (χ2v) is 7.18. The molecule has 2 N–H and O–H groups in total. The van der Waals surface area contributed by atoms with Crippen molar-refractivity contribution in [2.75, 3.05) is 26.2 Å². The van der Waals surface area contributed by atoms with E-state index in [0.29, 0.717) is 12.0 Å². The van der Waals surface area contributed by atoms with E-state index in [9.17, 15) is 9.59 Å². The van der Waals surface area contributed by atoms with Gasteiger partial charge in [-0.05, 0) is 38.1 Å². The van der Waals surface area contributed by atoms with Gasteiger partial charge in [0.2, 0.25) is 0 Å². The summed E-state index contributed by atoms with van der Waals surface area (Å²) in [5, 5.41) is 12.3. The van der Waals surface area contributed by atoms with Crippen molar-refractivity contribution >= 4 is 12.0 Å². The summed E-state index contributed by atoms with van der Waals surface area (Å²) in [5.74, 6) is -0.161. The van der Waals surface area contributed by atoms with E-state index in [0.717, 1.165) is 45.3 Å². The minimum Gasteiger partial charge on any atom is -0.480 e. The Morgan fingerprint density at radius 2 is 1.79 bits per heavy atom. The van der Waals surface area contributed by atoms with Gasteiger partial charge in [-0.1, -0.05) is 33.1 Å². The number of piperidine rings is 1. The number of hydrogen-bond acceptors (Lipinski definition) is 3. The maximum Gasteiger partial charge on any atom is 0.317 e. The molecule has 2 rings (SSSR count). The van der Waals surface area contributed by atoms with E-state index in [4.69, 9.17) is 5.11 Å². The Kier molecular flexibility index (Phi) is 7.34. The van der Waals surface area contributed by atoms with Gasteiger partial charge in [0, 0.05) is 25.2 Å². The zero-order valence-electron chi connectivity index (χ0n) is 15.2. The molecule has 0 bridgehead atoms. The number of aliphatic carboxylic acids is 1. The zero-order valence-corrected chi connectivity index (χ0v) is 15.2. The fraction of sp³-hybridized carbons (Fsp3) is 0.889. The maximum absolute atomic E-state index is 12.6. The lowest BCUT2D eigenvalue weighted by molar-refractivity contribution is -0.139. The van der Waals surface area contributed by atoms with Crippen LogP contribution in [0.4, 0.5) is 4.79 Å². The quantitative estimate of drug-likeness (QED) is 0.780. The number of nitrogens with zero attached hydrogens (tertiary/aromatic N) is 2.